The van der Waals surface area contributed by atoms with E-state index in [1.807, 2.05) is 13.0 Å². The Morgan fingerprint density at radius 3 is 2.75 bits per heavy atom. The van der Waals surface area contributed by atoms with E-state index in [9.17, 15) is 0 Å². The van der Waals surface area contributed by atoms with Crippen LogP contribution in [0.1, 0.15) is 23.2 Å². The number of nitrogens with one attached hydrogen (secondary N) is 1. The average Bonchev–Trinajstić information content (AvgIpc) is 2.82. The van der Waals surface area contributed by atoms with Gasteiger partial charge < -0.3 is 5.32 Å². The summed E-state index contributed by atoms with van der Waals surface area (Å²) < 4.78 is 0. The number of rotatable bonds is 3. The summed E-state index contributed by atoms with van der Waals surface area (Å²) >= 11 is 1.75. The van der Waals surface area contributed by atoms with Crippen LogP contribution in [0, 0.1) is 13.8 Å². The molecule has 1 N–H and O–H groups in total. The van der Waals surface area contributed by atoms with Gasteiger partial charge in [-0.1, -0.05) is 19.1 Å². The van der Waals surface area contributed by atoms with E-state index in [-0.39, 0.29) is 0 Å². The van der Waals surface area contributed by atoms with Crippen molar-refractivity contribution in [3.63, 3.8) is 0 Å². The third-order valence-corrected chi connectivity index (χ3v) is 4.36. The van der Waals surface area contributed by atoms with E-state index in [0.29, 0.717) is 0 Å². The monoisotopic (exact) mass is 283 g/mol. The van der Waals surface area contributed by atoms with Crippen molar-refractivity contribution in [3.8, 4) is 0 Å². The zero-order valence-corrected chi connectivity index (χ0v) is 12.7. The van der Waals surface area contributed by atoms with Gasteiger partial charge >= 0.3 is 0 Å². The first kappa shape index (κ1) is 13.1. The van der Waals surface area contributed by atoms with Gasteiger partial charge in [0, 0.05) is 10.6 Å². The first-order chi connectivity index (χ1) is 9.65. The molecule has 0 saturated carbocycles. The van der Waals surface area contributed by atoms with E-state index < -0.39 is 0 Å². The number of benzene rings is 1. The van der Waals surface area contributed by atoms with Crippen LogP contribution in [0.5, 0.6) is 0 Å². The Hall–Kier alpha value is -1.94. The lowest BCUT2D eigenvalue weighted by atomic mass is 10.2. The van der Waals surface area contributed by atoms with Crippen molar-refractivity contribution in [1.82, 2.24) is 9.97 Å². The summed E-state index contributed by atoms with van der Waals surface area (Å²) in [6.07, 6.45) is 1.03. The Balaban J connectivity index is 2.08. The summed E-state index contributed by atoms with van der Waals surface area (Å²) in [4.78, 5) is 11.5. The fourth-order valence-corrected chi connectivity index (χ4v) is 3.22. The summed E-state index contributed by atoms with van der Waals surface area (Å²) in [5.74, 6) is 1.70. The highest BCUT2D eigenvalue weighted by Crippen LogP contribution is 2.31. The van der Waals surface area contributed by atoms with E-state index in [4.69, 9.17) is 0 Å². The van der Waals surface area contributed by atoms with Crippen LogP contribution in [-0.2, 0) is 6.42 Å². The largest absolute Gasteiger partial charge is 0.340 e. The van der Waals surface area contributed by atoms with Gasteiger partial charge in [-0.05, 0) is 44.0 Å². The van der Waals surface area contributed by atoms with Crippen LogP contribution < -0.4 is 5.32 Å². The summed E-state index contributed by atoms with van der Waals surface area (Å²) in [7, 11) is 0. The average molecular weight is 283 g/mol. The number of fused-ring (bicyclic) bond motifs is 1. The molecule has 0 amide bonds. The molecule has 0 bridgehead atoms. The van der Waals surface area contributed by atoms with E-state index in [0.717, 1.165) is 34.0 Å². The molecule has 102 valence electrons. The standard InChI is InChI=1S/C16H17N3S/c1-4-13-9-14-15(17-11(3)18-16(14)20-13)19-12-7-5-6-10(2)8-12/h5-9H,4H2,1-3H3,(H,17,18,19). The molecule has 4 heteroatoms. The van der Waals surface area contributed by atoms with E-state index in [1.54, 1.807) is 11.3 Å². The van der Waals surface area contributed by atoms with Crippen LogP contribution in [0.15, 0.2) is 30.3 Å². The van der Waals surface area contributed by atoms with Crippen LogP contribution in [0.2, 0.25) is 0 Å². The quantitative estimate of drug-likeness (QED) is 0.762. The van der Waals surface area contributed by atoms with Crippen molar-refractivity contribution in [1.29, 1.82) is 0 Å². The molecule has 0 aliphatic heterocycles. The lowest BCUT2D eigenvalue weighted by Crippen LogP contribution is -1.97. The SMILES string of the molecule is CCc1cc2c(Nc3cccc(C)c3)nc(C)nc2s1. The predicted molar refractivity (Wildman–Crippen MR) is 86.0 cm³/mol. The zero-order chi connectivity index (χ0) is 14.1. The Kier molecular flexibility index (Phi) is 3.40. The van der Waals surface area contributed by atoms with Gasteiger partial charge in [-0.15, -0.1) is 11.3 Å². The molecule has 20 heavy (non-hydrogen) atoms. The molecular weight excluding hydrogens is 266 g/mol. The van der Waals surface area contributed by atoms with Crippen molar-refractivity contribution in [3.05, 3.63) is 46.6 Å². The van der Waals surface area contributed by atoms with E-state index >= 15 is 0 Å². The van der Waals surface area contributed by atoms with Gasteiger partial charge in [0.05, 0.1) is 5.39 Å². The number of aryl methyl sites for hydroxylation is 3. The topological polar surface area (TPSA) is 37.8 Å². The third-order valence-electron chi connectivity index (χ3n) is 3.18. The molecule has 0 aliphatic rings. The van der Waals surface area contributed by atoms with Crippen LogP contribution in [-0.4, -0.2) is 9.97 Å². The van der Waals surface area contributed by atoms with Crippen molar-refractivity contribution in [2.24, 2.45) is 0 Å². The lowest BCUT2D eigenvalue weighted by Gasteiger charge is -2.08. The molecular formula is C16H17N3S. The van der Waals surface area contributed by atoms with Crippen molar-refractivity contribution >= 4 is 33.1 Å². The molecule has 0 unspecified atom stereocenters. The first-order valence-corrected chi connectivity index (χ1v) is 7.58. The smallest absolute Gasteiger partial charge is 0.142 e. The number of nitrogens with zero attached hydrogens (tertiary/aromatic N) is 2. The molecule has 0 radical (unpaired) electrons. The second-order valence-electron chi connectivity index (χ2n) is 4.90. The van der Waals surface area contributed by atoms with Gasteiger partial charge in [-0.25, -0.2) is 9.97 Å². The van der Waals surface area contributed by atoms with Gasteiger partial charge in [0.15, 0.2) is 0 Å². The minimum atomic E-state index is 0.803. The Bertz CT molecular complexity index is 762. The highest BCUT2D eigenvalue weighted by atomic mass is 32.1. The first-order valence-electron chi connectivity index (χ1n) is 6.76. The molecule has 0 aliphatic carbocycles. The molecule has 0 spiro atoms. The minimum absolute atomic E-state index is 0.803. The summed E-state index contributed by atoms with van der Waals surface area (Å²) in [5.41, 5.74) is 2.30. The second-order valence-corrected chi connectivity index (χ2v) is 6.01. The molecule has 3 nitrogen and oxygen atoms in total. The van der Waals surface area contributed by atoms with Crippen LogP contribution in [0.25, 0.3) is 10.2 Å². The van der Waals surface area contributed by atoms with Crippen LogP contribution in [0.4, 0.5) is 11.5 Å². The zero-order valence-electron chi connectivity index (χ0n) is 11.9. The molecule has 0 atom stereocenters. The maximum Gasteiger partial charge on any atom is 0.142 e. The van der Waals surface area contributed by atoms with Gasteiger partial charge in [0.25, 0.3) is 0 Å². The molecule has 1 aromatic carbocycles. The van der Waals surface area contributed by atoms with Gasteiger partial charge in [0.2, 0.25) is 0 Å². The third kappa shape index (κ3) is 2.51. The maximum atomic E-state index is 4.56. The van der Waals surface area contributed by atoms with E-state index in [2.05, 4.69) is 53.4 Å². The van der Waals surface area contributed by atoms with Crippen molar-refractivity contribution in [2.75, 3.05) is 5.32 Å². The van der Waals surface area contributed by atoms with Gasteiger partial charge in [-0.2, -0.15) is 0 Å². The fraction of sp³-hybridized carbons (Fsp3) is 0.250. The molecule has 0 fully saturated rings. The van der Waals surface area contributed by atoms with E-state index in [1.165, 1.54) is 10.4 Å². The second kappa shape index (κ2) is 5.21. The van der Waals surface area contributed by atoms with Crippen molar-refractivity contribution in [2.45, 2.75) is 27.2 Å². The molecule has 2 heterocycles. The summed E-state index contributed by atoms with van der Waals surface area (Å²) in [6.45, 7) is 6.19. The highest BCUT2D eigenvalue weighted by Gasteiger charge is 2.10. The summed E-state index contributed by atoms with van der Waals surface area (Å²) in [6, 6.07) is 10.5. The maximum absolute atomic E-state index is 4.56. The van der Waals surface area contributed by atoms with Gasteiger partial charge in [0.1, 0.15) is 16.5 Å². The van der Waals surface area contributed by atoms with Crippen molar-refractivity contribution < 1.29 is 0 Å². The van der Waals surface area contributed by atoms with Crippen LogP contribution >= 0.6 is 11.3 Å². The molecule has 3 rings (SSSR count). The number of thiophene rings is 1. The number of anilines is 2. The Labute approximate surface area is 122 Å². The fourth-order valence-electron chi connectivity index (χ4n) is 2.21. The minimum Gasteiger partial charge on any atom is -0.340 e. The molecule has 0 saturated heterocycles. The summed E-state index contributed by atoms with van der Waals surface area (Å²) in [5, 5.41) is 4.53. The molecule has 3 aromatic rings. The van der Waals surface area contributed by atoms with Crippen LogP contribution in [0.3, 0.4) is 0 Å². The lowest BCUT2D eigenvalue weighted by molar-refractivity contribution is 1.10. The number of hydrogen-bond donors (Lipinski definition) is 1. The number of hydrogen-bond acceptors (Lipinski definition) is 4. The van der Waals surface area contributed by atoms with Gasteiger partial charge in [-0.3, -0.25) is 0 Å². The highest BCUT2D eigenvalue weighted by molar-refractivity contribution is 7.18. The number of aromatic nitrogens is 2. The normalized spacial score (nSPS) is 10.9. The predicted octanol–water partition coefficient (Wildman–Crippen LogP) is 4.61. The molecule has 2 aromatic heterocycles. The Morgan fingerprint density at radius 1 is 1.15 bits per heavy atom. The Morgan fingerprint density at radius 2 is 2.00 bits per heavy atom.